The molecule has 0 spiro atoms. The van der Waals surface area contributed by atoms with Crippen LogP contribution in [0.15, 0.2) is 24.3 Å². The van der Waals surface area contributed by atoms with E-state index in [4.69, 9.17) is 11.6 Å². The molecular formula is C27H35ClN6O3S. The second-order valence-electron chi connectivity index (χ2n) is 11.0. The minimum atomic E-state index is -0.668. The second-order valence-corrected chi connectivity index (χ2v) is 12.5. The number of fused-ring (bicyclic) bond motifs is 1. The number of hydrogen-bond donors (Lipinski definition) is 3. The van der Waals surface area contributed by atoms with E-state index in [1.165, 1.54) is 11.3 Å². The number of likely N-dealkylation sites (N-methyl/N-ethyl adjacent to an activating group) is 1. The molecule has 0 bridgehead atoms. The number of nitrogens with zero attached hydrogens (tertiary/aromatic N) is 3. The van der Waals surface area contributed by atoms with E-state index in [1.54, 1.807) is 31.1 Å². The highest BCUT2D eigenvalue weighted by molar-refractivity contribution is 7.13. The summed E-state index contributed by atoms with van der Waals surface area (Å²) in [5.41, 5.74) is 1.17. The summed E-state index contributed by atoms with van der Waals surface area (Å²) in [7, 11) is 5.56. The van der Waals surface area contributed by atoms with E-state index < -0.39 is 5.54 Å². The van der Waals surface area contributed by atoms with Crippen molar-refractivity contribution >= 4 is 46.3 Å². The summed E-state index contributed by atoms with van der Waals surface area (Å²) in [5.74, 6) is -0.481. The van der Waals surface area contributed by atoms with Crippen LogP contribution in [0.25, 0.3) is 0 Å². The zero-order valence-electron chi connectivity index (χ0n) is 22.1. The van der Waals surface area contributed by atoms with Crippen molar-refractivity contribution in [3.05, 3.63) is 44.9 Å². The molecule has 5 rings (SSSR count). The Morgan fingerprint density at radius 1 is 1.11 bits per heavy atom. The molecular weight excluding hydrogens is 524 g/mol. The molecule has 38 heavy (non-hydrogen) atoms. The summed E-state index contributed by atoms with van der Waals surface area (Å²) in [6.07, 6.45) is 4.03. The molecule has 11 heteroatoms. The first-order valence-electron chi connectivity index (χ1n) is 13.2. The molecule has 3 aliphatic rings. The number of anilines is 1. The number of amides is 3. The van der Waals surface area contributed by atoms with E-state index >= 15 is 0 Å². The zero-order chi connectivity index (χ0) is 27.0. The van der Waals surface area contributed by atoms with Crippen LogP contribution in [-0.2, 0) is 22.6 Å². The molecule has 9 nitrogen and oxygen atoms in total. The lowest BCUT2D eigenvalue weighted by Crippen LogP contribution is -2.58. The summed E-state index contributed by atoms with van der Waals surface area (Å²) in [5, 5.41) is 10.8. The van der Waals surface area contributed by atoms with Gasteiger partial charge in [-0.3, -0.25) is 14.4 Å². The number of carbonyl (C=O) groups excluding carboxylic acids is 3. The molecule has 0 saturated heterocycles. The molecule has 2 aliphatic carbocycles. The van der Waals surface area contributed by atoms with Gasteiger partial charge in [0.15, 0.2) is 5.01 Å². The number of hydrogen-bond acceptors (Lipinski definition) is 7. The highest BCUT2D eigenvalue weighted by Gasteiger charge is 2.51. The van der Waals surface area contributed by atoms with Gasteiger partial charge in [-0.05, 0) is 63.4 Å². The Kier molecular flexibility index (Phi) is 7.66. The van der Waals surface area contributed by atoms with Crippen LogP contribution < -0.4 is 16.0 Å². The molecule has 2 aromatic rings. The van der Waals surface area contributed by atoms with Crippen molar-refractivity contribution in [2.24, 2.45) is 5.92 Å². The Hall–Kier alpha value is -2.69. The molecule has 204 valence electrons. The highest BCUT2D eigenvalue weighted by atomic mass is 35.5. The third-order valence-electron chi connectivity index (χ3n) is 7.80. The van der Waals surface area contributed by atoms with Crippen LogP contribution in [0, 0.1) is 5.92 Å². The predicted molar refractivity (Wildman–Crippen MR) is 148 cm³/mol. The van der Waals surface area contributed by atoms with E-state index in [9.17, 15) is 14.4 Å². The quantitative estimate of drug-likeness (QED) is 0.482. The summed E-state index contributed by atoms with van der Waals surface area (Å²) in [6, 6.07) is 6.67. The fourth-order valence-electron chi connectivity index (χ4n) is 5.39. The van der Waals surface area contributed by atoms with E-state index in [2.05, 4.69) is 32.9 Å². The number of rotatable bonds is 7. The molecule has 3 amide bonds. The maximum absolute atomic E-state index is 13.5. The Labute approximate surface area is 232 Å². The lowest BCUT2D eigenvalue weighted by molar-refractivity contribution is -0.134. The van der Waals surface area contributed by atoms with Gasteiger partial charge < -0.3 is 25.8 Å². The molecule has 0 radical (unpaired) electrons. The van der Waals surface area contributed by atoms with Crippen LogP contribution in [-0.4, -0.2) is 77.8 Å². The molecule has 2 saturated carbocycles. The second kappa shape index (κ2) is 10.8. The van der Waals surface area contributed by atoms with Crippen LogP contribution in [0.2, 0.25) is 5.02 Å². The summed E-state index contributed by atoms with van der Waals surface area (Å²) >= 11 is 7.44. The van der Waals surface area contributed by atoms with Crippen molar-refractivity contribution in [2.75, 3.05) is 33.0 Å². The number of thiazole rings is 1. The summed E-state index contributed by atoms with van der Waals surface area (Å²) < 4.78 is 0. The Morgan fingerprint density at radius 2 is 1.84 bits per heavy atom. The smallest absolute Gasteiger partial charge is 0.280 e. The van der Waals surface area contributed by atoms with Crippen molar-refractivity contribution in [1.29, 1.82) is 0 Å². The van der Waals surface area contributed by atoms with Gasteiger partial charge in [-0.1, -0.05) is 11.6 Å². The van der Waals surface area contributed by atoms with Gasteiger partial charge in [-0.25, -0.2) is 4.98 Å². The molecule has 2 fully saturated rings. The summed E-state index contributed by atoms with van der Waals surface area (Å²) in [6.45, 7) is 1.72. The fraction of sp³-hybridized carbons (Fsp3) is 0.556. The number of nitrogens with one attached hydrogen (secondary N) is 3. The standard InChI is InChI=1S/C27H35ClN6O3S/c1-33(2)25(36)16-4-9-19(31-26(37)27(11-12-27)32-18-7-5-17(28)6-8-18)21(14-16)29-23(35)24-30-20-10-13-34(3)15-22(20)38-24/h5-8,16,19,21,32H,4,9-15H2,1-3H3,(H,29,35)(H,31,37)/t16-,19-,21+/m0/s1. The summed E-state index contributed by atoms with van der Waals surface area (Å²) in [4.78, 5) is 49.1. The van der Waals surface area contributed by atoms with Gasteiger partial charge >= 0.3 is 0 Å². The molecule has 2 heterocycles. The largest absolute Gasteiger partial charge is 0.371 e. The topological polar surface area (TPSA) is 107 Å². The minimum Gasteiger partial charge on any atom is -0.371 e. The van der Waals surface area contributed by atoms with E-state index in [0.29, 0.717) is 29.3 Å². The van der Waals surface area contributed by atoms with Crippen LogP contribution in [0.3, 0.4) is 0 Å². The lowest BCUT2D eigenvalue weighted by atomic mass is 9.81. The molecule has 1 aliphatic heterocycles. The highest BCUT2D eigenvalue weighted by Crippen LogP contribution is 2.40. The first-order chi connectivity index (χ1) is 18.1. The monoisotopic (exact) mass is 558 g/mol. The normalized spacial score (nSPS) is 24.2. The Balaban J connectivity index is 1.29. The predicted octanol–water partition coefficient (Wildman–Crippen LogP) is 2.90. The van der Waals surface area contributed by atoms with Crippen LogP contribution in [0.4, 0.5) is 5.69 Å². The number of carbonyl (C=O) groups is 3. The SMILES string of the molecule is CN1CCc2nc(C(=O)N[C@@H]3C[C@@H](C(=O)N(C)C)CC[C@@H]3NC(=O)C3(Nc4ccc(Cl)cc4)CC3)sc2C1. The van der Waals surface area contributed by atoms with Crippen molar-refractivity contribution in [2.45, 2.75) is 62.7 Å². The number of aromatic nitrogens is 1. The average molecular weight is 559 g/mol. The first kappa shape index (κ1) is 26.9. The zero-order valence-corrected chi connectivity index (χ0v) is 23.6. The van der Waals surface area contributed by atoms with Gasteiger partial charge in [0.1, 0.15) is 5.54 Å². The lowest BCUT2D eigenvalue weighted by Gasteiger charge is -2.37. The third-order valence-corrected chi connectivity index (χ3v) is 9.14. The van der Waals surface area contributed by atoms with Crippen molar-refractivity contribution in [3.63, 3.8) is 0 Å². The maximum atomic E-state index is 13.5. The van der Waals surface area contributed by atoms with Gasteiger partial charge in [0.2, 0.25) is 11.8 Å². The van der Waals surface area contributed by atoms with E-state index in [1.807, 2.05) is 12.1 Å². The molecule has 3 atom stereocenters. The van der Waals surface area contributed by atoms with Gasteiger partial charge in [-0.2, -0.15) is 0 Å². The van der Waals surface area contributed by atoms with Crippen molar-refractivity contribution in [3.8, 4) is 0 Å². The third kappa shape index (κ3) is 5.82. The van der Waals surface area contributed by atoms with Gasteiger partial charge in [0.25, 0.3) is 5.91 Å². The van der Waals surface area contributed by atoms with Crippen molar-refractivity contribution < 1.29 is 14.4 Å². The average Bonchev–Trinajstić information content (AvgIpc) is 3.55. The van der Waals surface area contributed by atoms with Crippen LogP contribution in [0.5, 0.6) is 0 Å². The van der Waals surface area contributed by atoms with Gasteiger partial charge in [-0.15, -0.1) is 11.3 Å². The van der Waals surface area contributed by atoms with E-state index in [0.717, 1.165) is 48.6 Å². The van der Waals surface area contributed by atoms with Gasteiger partial charge in [0.05, 0.1) is 11.7 Å². The maximum Gasteiger partial charge on any atom is 0.280 e. The first-order valence-corrected chi connectivity index (χ1v) is 14.4. The number of halogens is 1. The molecule has 1 aromatic heterocycles. The Bertz CT molecular complexity index is 1210. The molecule has 0 unspecified atom stereocenters. The molecule has 1 aromatic carbocycles. The fourth-order valence-corrected chi connectivity index (χ4v) is 6.61. The minimum absolute atomic E-state index is 0.0462. The van der Waals surface area contributed by atoms with Crippen LogP contribution >= 0.6 is 22.9 Å². The Morgan fingerprint density at radius 3 is 2.53 bits per heavy atom. The van der Waals surface area contributed by atoms with E-state index in [-0.39, 0.29) is 35.7 Å². The van der Waals surface area contributed by atoms with Gasteiger partial charge in [0, 0.05) is 61.2 Å². The number of benzene rings is 1. The molecule has 3 N–H and O–H groups in total. The van der Waals surface area contributed by atoms with Crippen molar-refractivity contribution in [1.82, 2.24) is 25.4 Å². The van der Waals surface area contributed by atoms with Crippen LogP contribution in [0.1, 0.15) is 52.5 Å².